The van der Waals surface area contributed by atoms with Crippen molar-refractivity contribution < 1.29 is 8.42 Å². The van der Waals surface area contributed by atoms with Crippen molar-refractivity contribution in [3.05, 3.63) is 11.4 Å². The van der Waals surface area contributed by atoms with Crippen molar-refractivity contribution in [2.24, 2.45) is 5.73 Å². The van der Waals surface area contributed by atoms with Crippen LogP contribution in [-0.4, -0.2) is 24.7 Å². The minimum atomic E-state index is -3.54. The fourth-order valence-electron chi connectivity index (χ4n) is 1.86. The Hall–Kier alpha value is -0.920. The average Bonchev–Trinajstić information content (AvgIpc) is 2.67. The Morgan fingerprint density at radius 3 is 2.72 bits per heavy atom. The highest BCUT2D eigenvalue weighted by Gasteiger charge is 2.24. The van der Waals surface area contributed by atoms with Crippen LogP contribution in [0.5, 0.6) is 0 Å². The van der Waals surface area contributed by atoms with E-state index in [0.717, 1.165) is 19.3 Å². The summed E-state index contributed by atoms with van der Waals surface area (Å²) in [6.45, 7) is 5.72. The minimum absolute atomic E-state index is 0.0881. The molecule has 1 aromatic heterocycles. The molecule has 0 aliphatic rings. The molecule has 4 N–H and O–H groups in total. The Labute approximate surface area is 108 Å². The first kappa shape index (κ1) is 15.1. The third-order valence-corrected chi connectivity index (χ3v) is 4.56. The van der Waals surface area contributed by atoms with E-state index in [9.17, 15) is 8.42 Å². The molecule has 0 aliphatic heterocycles. The van der Waals surface area contributed by atoms with E-state index in [-0.39, 0.29) is 17.5 Å². The monoisotopic (exact) mass is 274 g/mol. The van der Waals surface area contributed by atoms with Gasteiger partial charge in [0.1, 0.15) is 4.90 Å². The van der Waals surface area contributed by atoms with E-state index < -0.39 is 10.0 Å². The lowest BCUT2D eigenvalue weighted by Crippen LogP contribution is -2.33. The molecular formula is C11H22N4O2S. The van der Waals surface area contributed by atoms with Gasteiger partial charge in [0.2, 0.25) is 10.0 Å². The first-order chi connectivity index (χ1) is 8.42. The van der Waals surface area contributed by atoms with Crippen LogP contribution >= 0.6 is 0 Å². The maximum absolute atomic E-state index is 12.2. The van der Waals surface area contributed by atoms with Gasteiger partial charge in [0, 0.05) is 12.6 Å². The van der Waals surface area contributed by atoms with E-state index in [1.165, 1.54) is 0 Å². The third kappa shape index (κ3) is 3.54. The van der Waals surface area contributed by atoms with Crippen LogP contribution in [0.3, 0.4) is 0 Å². The third-order valence-electron chi connectivity index (χ3n) is 2.77. The molecule has 18 heavy (non-hydrogen) atoms. The Balaban J connectivity index is 2.89. The summed E-state index contributed by atoms with van der Waals surface area (Å²) in [4.78, 5) is 0.188. The summed E-state index contributed by atoms with van der Waals surface area (Å²) in [7, 11) is -3.54. The molecule has 104 valence electrons. The molecule has 0 amide bonds. The van der Waals surface area contributed by atoms with Crippen LogP contribution in [0.15, 0.2) is 4.90 Å². The zero-order valence-corrected chi connectivity index (χ0v) is 12.0. The van der Waals surface area contributed by atoms with Gasteiger partial charge in [0.15, 0.2) is 0 Å². The molecule has 7 heteroatoms. The molecule has 6 nitrogen and oxygen atoms in total. The van der Waals surface area contributed by atoms with Crippen LogP contribution in [0.1, 0.15) is 44.5 Å². The molecule has 1 heterocycles. The number of rotatable bonds is 7. The van der Waals surface area contributed by atoms with Crippen molar-refractivity contribution in [2.45, 2.75) is 57.5 Å². The number of hydrogen-bond acceptors (Lipinski definition) is 4. The van der Waals surface area contributed by atoms with Crippen molar-refractivity contribution in [1.82, 2.24) is 14.9 Å². The predicted molar refractivity (Wildman–Crippen MR) is 70.5 cm³/mol. The fraction of sp³-hybridized carbons (Fsp3) is 0.727. The second kappa shape index (κ2) is 6.31. The second-order valence-corrected chi connectivity index (χ2v) is 6.14. The molecule has 0 saturated carbocycles. The van der Waals surface area contributed by atoms with Crippen molar-refractivity contribution >= 4 is 10.0 Å². The van der Waals surface area contributed by atoms with Gasteiger partial charge in [-0.05, 0) is 20.3 Å². The maximum atomic E-state index is 12.2. The number of nitrogens with zero attached hydrogens (tertiary/aromatic N) is 1. The highest BCUT2D eigenvalue weighted by molar-refractivity contribution is 7.89. The number of nitrogens with one attached hydrogen (secondary N) is 2. The van der Waals surface area contributed by atoms with Gasteiger partial charge in [-0.2, -0.15) is 5.10 Å². The van der Waals surface area contributed by atoms with E-state index in [0.29, 0.717) is 11.4 Å². The molecule has 1 unspecified atom stereocenters. The van der Waals surface area contributed by atoms with E-state index in [1.54, 1.807) is 6.92 Å². The van der Waals surface area contributed by atoms with Crippen LogP contribution in [-0.2, 0) is 16.6 Å². The molecule has 0 aromatic carbocycles. The first-order valence-electron chi connectivity index (χ1n) is 6.18. The van der Waals surface area contributed by atoms with Gasteiger partial charge in [0.25, 0.3) is 0 Å². The molecular weight excluding hydrogens is 252 g/mol. The zero-order chi connectivity index (χ0) is 13.8. The Kier molecular flexibility index (Phi) is 5.30. The number of nitrogens with two attached hydrogens (primary N) is 1. The molecule has 0 spiro atoms. The lowest BCUT2D eigenvalue weighted by atomic mass is 10.2. The van der Waals surface area contributed by atoms with Crippen LogP contribution in [0.2, 0.25) is 0 Å². The van der Waals surface area contributed by atoms with Gasteiger partial charge < -0.3 is 5.73 Å². The lowest BCUT2D eigenvalue weighted by molar-refractivity contribution is 0.533. The van der Waals surface area contributed by atoms with E-state index in [1.807, 2.05) is 6.92 Å². The lowest BCUT2D eigenvalue weighted by Gasteiger charge is -2.14. The SMILES string of the molecule is CCCCC(C)NS(=O)(=O)c1c(CN)n[nH]c1C. The van der Waals surface area contributed by atoms with Gasteiger partial charge in [-0.1, -0.05) is 19.8 Å². The summed E-state index contributed by atoms with van der Waals surface area (Å²) in [6.07, 6.45) is 2.87. The molecule has 0 saturated heterocycles. The molecule has 1 aromatic rings. The van der Waals surface area contributed by atoms with Crippen LogP contribution in [0.25, 0.3) is 0 Å². The summed E-state index contributed by atoms with van der Waals surface area (Å²) in [5.74, 6) is 0. The Morgan fingerprint density at radius 2 is 2.17 bits per heavy atom. The molecule has 1 atom stereocenters. The number of aromatic nitrogens is 2. The normalized spacial score (nSPS) is 13.8. The van der Waals surface area contributed by atoms with E-state index >= 15 is 0 Å². The molecule has 0 bridgehead atoms. The second-order valence-electron chi connectivity index (χ2n) is 4.49. The quantitative estimate of drug-likeness (QED) is 0.691. The summed E-state index contributed by atoms with van der Waals surface area (Å²) in [5, 5.41) is 6.56. The number of H-pyrrole nitrogens is 1. The first-order valence-corrected chi connectivity index (χ1v) is 7.67. The Bertz CT molecular complexity index is 481. The van der Waals surface area contributed by atoms with Crippen molar-refractivity contribution in [1.29, 1.82) is 0 Å². The molecule has 0 aliphatic carbocycles. The molecule has 0 fully saturated rings. The number of sulfonamides is 1. The fourth-order valence-corrected chi connectivity index (χ4v) is 3.51. The summed E-state index contributed by atoms with van der Waals surface area (Å²) >= 11 is 0. The number of unbranched alkanes of at least 4 members (excludes halogenated alkanes) is 1. The Morgan fingerprint density at radius 1 is 1.50 bits per heavy atom. The summed E-state index contributed by atoms with van der Waals surface area (Å²) in [5.41, 5.74) is 6.39. The average molecular weight is 274 g/mol. The van der Waals surface area contributed by atoms with Crippen molar-refractivity contribution in [3.63, 3.8) is 0 Å². The smallest absolute Gasteiger partial charge is 0.244 e. The highest BCUT2D eigenvalue weighted by Crippen LogP contribution is 2.17. The minimum Gasteiger partial charge on any atom is -0.325 e. The number of hydrogen-bond donors (Lipinski definition) is 3. The van der Waals surface area contributed by atoms with Crippen molar-refractivity contribution in [3.8, 4) is 0 Å². The van der Waals surface area contributed by atoms with Crippen molar-refractivity contribution in [2.75, 3.05) is 0 Å². The van der Waals surface area contributed by atoms with Gasteiger partial charge in [-0.15, -0.1) is 0 Å². The number of aryl methyl sites for hydroxylation is 1. The standard InChI is InChI=1S/C11H22N4O2S/c1-4-5-6-8(2)15-18(16,17)11-9(3)13-14-10(11)7-12/h8,15H,4-7,12H2,1-3H3,(H,13,14). The largest absolute Gasteiger partial charge is 0.325 e. The molecule has 1 rings (SSSR count). The van der Waals surface area contributed by atoms with Crippen LogP contribution < -0.4 is 10.5 Å². The number of aromatic amines is 1. The highest BCUT2D eigenvalue weighted by atomic mass is 32.2. The van der Waals surface area contributed by atoms with Gasteiger partial charge in [-0.3, -0.25) is 5.10 Å². The van der Waals surface area contributed by atoms with E-state index in [4.69, 9.17) is 5.73 Å². The zero-order valence-electron chi connectivity index (χ0n) is 11.2. The van der Waals surface area contributed by atoms with E-state index in [2.05, 4.69) is 21.8 Å². The maximum Gasteiger partial charge on any atom is 0.244 e. The topological polar surface area (TPSA) is 101 Å². The predicted octanol–water partition coefficient (Wildman–Crippen LogP) is 1.03. The molecule has 0 radical (unpaired) electrons. The van der Waals surface area contributed by atoms with Gasteiger partial charge >= 0.3 is 0 Å². The van der Waals surface area contributed by atoms with Crippen LogP contribution in [0, 0.1) is 6.92 Å². The van der Waals surface area contributed by atoms with Gasteiger partial charge in [0.05, 0.1) is 11.4 Å². The van der Waals surface area contributed by atoms with Crippen LogP contribution in [0.4, 0.5) is 0 Å². The summed E-state index contributed by atoms with van der Waals surface area (Å²) in [6, 6.07) is -0.0881. The summed E-state index contributed by atoms with van der Waals surface area (Å²) < 4.78 is 27.1. The van der Waals surface area contributed by atoms with Gasteiger partial charge in [-0.25, -0.2) is 13.1 Å².